The first-order valence-electron chi connectivity index (χ1n) is 15.1. The predicted molar refractivity (Wildman–Crippen MR) is 175 cm³/mol. The quantitative estimate of drug-likeness (QED) is 0.260. The van der Waals surface area contributed by atoms with E-state index >= 15 is 0 Å². The summed E-state index contributed by atoms with van der Waals surface area (Å²) in [5.41, 5.74) is 5.74. The molecule has 0 spiro atoms. The van der Waals surface area contributed by atoms with Crippen molar-refractivity contribution in [2.24, 2.45) is 7.05 Å². The number of carbonyl (C=O) groups is 2. The third-order valence-electron chi connectivity index (χ3n) is 8.12. The fourth-order valence-electron chi connectivity index (χ4n) is 5.76. The van der Waals surface area contributed by atoms with Gasteiger partial charge in [-0.3, -0.25) is 14.4 Å². The fraction of sp³-hybridized carbons (Fsp3) is 0.382. The largest absolute Gasteiger partial charge is 0.457 e. The van der Waals surface area contributed by atoms with Crippen LogP contribution >= 0.6 is 0 Å². The molecule has 2 aromatic carbocycles. The van der Waals surface area contributed by atoms with Gasteiger partial charge in [0, 0.05) is 75.6 Å². The third kappa shape index (κ3) is 6.87. The Morgan fingerprint density at radius 2 is 1.66 bits per heavy atom. The van der Waals surface area contributed by atoms with Crippen LogP contribution in [0, 0.1) is 20.8 Å². The minimum atomic E-state index is -0.259. The number of likely N-dealkylation sites (N-methyl/N-ethyl adjacent to an activating group) is 1. The van der Waals surface area contributed by atoms with Crippen molar-refractivity contribution in [3.63, 3.8) is 0 Å². The Bertz CT molecular complexity index is 1740. The number of aromatic amines is 1. The van der Waals surface area contributed by atoms with Crippen molar-refractivity contribution in [2.45, 2.75) is 34.1 Å². The molecule has 1 saturated heterocycles. The molecule has 44 heavy (non-hydrogen) atoms. The van der Waals surface area contributed by atoms with Gasteiger partial charge in [0.15, 0.2) is 0 Å². The van der Waals surface area contributed by atoms with Crippen molar-refractivity contribution in [1.29, 1.82) is 0 Å². The molecule has 1 aliphatic heterocycles. The van der Waals surface area contributed by atoms with Crippen LogP contribution in [0.4, 0.5) is 5.69 Å². The SMILES string of the molecule is CCNC(=O)c1cc2c(-c3cc(C)cc(Oc4c(C)cc(NC(=O)CCN5CCN(C)CC5)cc4C)c3)cn(C)c(=O)c2[nH]1. The van der Waals surface area contributed by atoms with Gasteiger partial charge in [-0.1, -0.05) is 6.07 Å². The number of benzene rings is 2. The normalized spacial score (nSPS) is 14.1. The van der Waals surface area contributed by atoms with Gasteiger partial charge in [0.2, 0.25) is 5.91 Å². The smallest absolute Gasteiger partial charge is 0.274 e. The van der Waals surface area contributed by atoms with Crippen LogP contribution in [0.1, 0.15) is 40.5 Å². The van der Waals surface area contributed by atoms with E-state index in [0.29, 0.717) is 35.3 Å². The maximum absolute atomic E-state index is 12.9. The highest BCUT2D eigenvalue weighted by Crippen LogP contribution is 2.36. The number of ether oxygens (including phenoxy) is 1. The van der Waals surface area contributed by atoms with Crippen LogP contribution < -0.4 is 20.9 Å². The number of hydrogen-bond donors (Lipinski definition) is 3. The molecule has 10 nitrogen and oxygen atoms in total. The molecular formula is C34H42N6O4. The van der Waals surface area contributed by atoms with Gasteiger partial charge in [0.25, 0.3) is 11.5 Å². The van der Waals surface area contributed by atoms with Crippen LogP contribution in [0.2, 0.25) is 0 Å². The Morgan fingerprint density at radius 3 is 2.34 bits per heavy atom. The molecule has 5 rings (SSSR count). The molecule has 3 N–H and O–H groups in total. The molecule has 0 atom stereocenters. The van der Waals surface area contributed by atoms with E-state index in [2.05, 4.69) is 32.5 Å². The van der Waals surface area contributed by atoms with E-state index in [1.807, 2.05) is 58.0 Å². The first-order valence-corrected chi connectivity index (χ1v) is 15.1. The molecule has 4 aromatic rings. The van der Waals surface area contributed by atoms with Crippen molar-refractivity contribution in [2.75, 3.05) is 51.6 Å². The molecule has 232 valence electrons. The van der Waals surface area contributed by atoms with E-state index in [-0.39, 0.29) is 17.4 Å². The summed E-state index contributed by atoms with van der Waals surface area (Å²) in [6.45, 7) is 13.1. The van der Waals surface area contributed by atoms with Gasteiger partial charge in [-0.2, -0.15) is 0 Å². The van der Waals surface area contributed by atoms with Gasteiger partial charge < -0.3 is 34.7 Å². The highest BCUT2D eigenvalue weighted by Gasteiger charge is 2.18. The summed E-state index contributed by atoms with van der Waals surface area (Å²) in [4.78, 5) is 45.8. The highest BCUT2D eigenvalue weighted by atomic mass is 16.5. The summed E-state index contributed by atoms with van der Waals surface area (Å²) in [6.07, 6.45) is 2.24. The Balaban J connectivity index is 1.36. The van der Waals surface area contributed by atoms with Crippen molar-refractivity contribution in [3.8, 4) is 22.6 Å². The lowest BCUT2D eigenvalue weighted by molar-refractivity contribution is -0.116. The molecule has 0 saturated carbocycles. The van der Waals surface area contributed by atoms with Gasteiger partial charge in [0.1, 0.15) is 22.7 Å². The highest BCUT2D eigenvalue weighted by molar-refractivity contribution is 6.02. The zero-order chi connectivity index (χ0) is 31.5. The van der Waals surface area contributed by atoms with Crippen molar-refractivity contribution in [3.05, 3.63) is 75.3 Å². The number of aromatic nitrogens is 2. The molecule has 3 heterocycles. The Hall–Kier alpha value is -4.41. The molecular weight excluding hydrogens is 556 g/mol. The number of carbonyl (C=O) groups excluding carboxylic acids is 2. The number of pyridine rings is 1. The lowest BCUT2D eigenvalue weighted by Crippen LogP contribution is -2.45. The topological polar surface area (TPSA) is 112 Å². The second-order valence-corrected chi connectivity index (χ2v) is 11.8. The molecule has 1 aliphatic rings. The molecule has 0 unspecified atom stereocenters. The Morgan fingerprint density at radius 1 is 0.955 bits per heavy atom. The fourth-order valence-corrected chi connectivity index (χ4v) is 5.76. The number of nitrogens with one attached hydrogen (secondary N) is 3. The zero-order valence-corrected chi connectivity index (χ0v) is 26.5. The third-order valence-corrected chi connectivity index (χ3v) is 8.12. The number of piperazine rings is 1. The van der Waals surface area contributed by atoms with E-state index in [0.717, 1.165) is 72.0 Å². The number of fused-ring (bicyclic) bond motifs is 1. The maximum atomic E-state index is 12.9. The number of rotatable bonds is 9. The number of aryl methyl sites for hydroxylation is 4. The van der Waals surface area contributed by atoms with Crippen LogP contribution in [0.25, 0.3) is 22.0 Å². The van der Waals surface area contributed by atoms with Crippen molar-refractivity contribution < 1.29 is 14.3 Å². The molecule has 2 aromatic heterocycles. The monoisotopic (exact) mass is 598 g/mol. The number of nitrogens with zero attached hydrogens (tertiary/aromatic N) is 3. The van der Waals surface area contributed by atoms with Gasteiger partial charge in [-0.05, 0) is 87.3 Å². The zero-order valence-electron chi connectivity index (χ0n) is 26.5. The van der Waals surface area contributed by atoms with Gasteiger partial charge in [0.05, 0.1) is 0 Å². The summed E-state index contributed by atoms with van der Waals surface area (Å²) in [5.74, 6) is 1.12. The second kappa shape index (κ2) is 13.1. The lowest BCUT2D eigenvalue weighted by Gasteiger charge is -2.32. The number of anilines is 1. The van der Waals surface area contributed by atoms with Crippen molar-refractivity contribution >= 4 is 28.4 Å². The van der Waals surface area contributed by atoms with Crippen LogP contribution in [-0.4, -0.2) is 77.5 Å². The average Bonchev–Trinajstić information content (AvgIpc) is 3.43. The van der Waals surface area contributed by atoms with E-state index < -0.39 is 0 Å². The average molecular weight is 599 g/mol. The minimum absolute atomic E-state index is 0.00314. The molecule has 1 fully saturated rings. The van der Waals surface area contributed by atoms with E-state index in [1.54, 1.807) is 19.3 Å². The molecule has 10 heteroatoms. The molecule has 0 bridgehead atoms. The summed E-state index contributed by atoms with van der Waals surface area (Å²) in [6, 6.07) is 11.5. The standard InChI is InChI=1S/C34H42N6O4/c1-7-35-33(42)29-19-27-28(20-39(6)34(43)31(27)37-29)24-14-21(2)15-26(18-24)44-32-22(3)16-25(17-23(32)4)36-30(41)8-9-40-12-10-38(5)11-13-40/h14-20,37H,7-13H2,1-6H3,(H,35,42)(H,36,41). The number of H-pyrrole nitrogens is 1. The summed E-state index contributed by atoms with van der Waals surface area (Å²) >= 11 is 0. The van der Waals surface area contributed by atoms with Crippen LogP contribution in [0.3, 0.4) is 0 Å². The van der Waals surface area contributed by atoms with Crippen LogP contribution in [0.15, 0.2) is 47.4 Å². The molecule has 2 amide bonds. The summed E-state index contributed by atoms with van der Waals surface area (Å²) < 4.78 is 7.97. The van der Waals surface area contributed by atoms with E-state index in [1.165, 1.54) is 4.57 Å². The van der Waals surface area contributed by atoms with Gasteiger partial charge in [-0.15, -0.1) is 0 Å². The number of amides is 2. The Labute approximate surface area is 258 Å². The maximum Gasteiger partial charge on any atom is 0.274 e. The first kappa shape index (κ1) is 31.0. The predicted octanol–water partition coefficient (Wildman–Crippen LogP) is 4.58. The second-order valence-electron chi connectivity index (χ2n) is 11.8. The molecule has 0 radical (unpaired) electrons. The van der Waals surface area contributed by atoms with Crippen LogP contribution in [-0.2, 0) is 11.8 Å². The summed E-state index contributed by atoms with van der Waals surface area (Å²) in [5, 5.41) is 6.51. The van der Waals surface area contributed by atoms with E-state index in [9.17, 15) is 14.4 Å². The number of hydrogen-bond acceptors (Lipinski definition) is 6. The Kier molecular flexibility index (Phi) is 9.22. The van der Waals surface area contributed by atoms with Crippen molar-refractivity contribution in [1.82, 2.24) is 24.7 Å². The van der Waals surface area contributed by atoms with Gasteiger partial charge in [-0.25, -0.2) is 0 Å². The lowest BCUT2D eigenvalue weighted by atomic mass is 10.0. The first-order chi connectivity index (χ1) is 21.0. The van der Waals surface area contributed by atoms with E-state index in [4.69, 9.17) is 4.74 Å². The minimum Gasteiger partial charge on any atom is -0.457 e. The molecule has 0 aliphatic carbocycles. The van der Waals surface area contributed by atoms with Crippen LogP contribution in [0.5, 0.6) is 11.5 Å². The van der Waals surface area contributed by atoms with Gasteiger partial charge >= 0.3 is 0 Å². The summed E-state index contributed by atoms with van der Waals surface area (Å²) in [7, 11) is 3.82.